The van der Waals surface area contributed by atoms with E-state index in [1.54, 1.807) is 7.11 Å². The second-order valence-electron chi connectivity index (χ2n) is 4.64. The zero-order valence-electron chi connectivity index (χ0n) is 10.9. The predicted octanol–water partition coefficient (Wildman–Crippen LogP) is 0.642. The van der Waals surface area contributed by atoms with Crippen molar-refractivity contribution in [3.05, 3.63) is 12.7 Å². The van der Waals surface area contributed by atoms with E-state index in [0.29, 0.717) is 11.9 Å². The molecule has 2 heterocycles. The van der Waals surface area contributed by atoms with Crippen LogP contribution in [0.5, 0.6) is 0 Å². The Morgan fingerprint density at radius 3 is 3.06 bits per heavy atom. The summed E-state index contributed by atoms with van der Waals surface area (Å²) in [6.45, 7) is 5.26. The molecule has 0 saturated carbocycles. The molecule has 0 bridgehead atoms. The van der Waals surface area contributed by atoms with Gasteiger partial charge >= 0.3 is 0 Å². The Labute approximate surface area is 108 Å². The molecule has 0 unspecified atom stereocenters. The summed E-state index contributed by atoms with van der Waals surface area (Å²) in [5.41, 5.74) is 0. The quantitative estimate of drug-likeness (QED) is 0.718. The van der Waals surface area contributed by atoms with Gasteiger partial charge in [-0.25, -0.2) is 15.0 Å². The molecule has 1 aliphatic rings. The molecule has 0 radical (unpaired) electrons. The number of ether oxygens (including phenoxy) is 1. The van der Waals surface area contributed by atoms with Gasteiger partial charge in [0.25, 0.3) is 0 Å². The van der Waals surface area contributed by atoms with Gasteiger partial charge in [0.2, 0.25) is 5.95 Å². The summed E-state index contributed by atoms with van der Waals surface area (Å²) in [6, 6.07) is 0. The Morgan fingerprint density at radius 2 is 2.28 bits per heavy atom. The third kappa shape index (κ3) is 4.19. The van der Waals surface area contributed by atoms with Crippen LogP contribution in [0.4, 0.5) is 5.95 Å². The van der Waals surface area contributed by atoms with Crippen LogP contribution in [-0.2, 0) is 4.74 Å². The largest absolute Gasteiger partial charge is 0.385 e. The standard InChI is InChI=1S/C12H21N5O/c1-18-6-2-4-17-5-3-11(8-17)7-14-12-15-9-13-10-16-12/h9-11H,2-8H2,1H3,(H,13,14,15,16)/t11-/m1/s1. The lowest BCUT2D eigenvalue weighted by Gasteiger charge is -2.15. The normalized spacial score (nSPS) is 20.2. The second kappa shape index (κ2) is 7.23. The number of likely N-dealkylation sites (tertiary alicyclic amines) is 1. The van der Waals surface area contributed by atoms with E-state index in [9.17, 15) is 0 Å². The van der Waals surface area contributed by atoms with Gasteiger partial charge in [-0.05, 0) is 25.3 Å². The lowest BCUT2D eigenvalue weighted by atomic mass is 10.1. The number of aromatic nitrogens is 3. The van der Waals surface area contributed by atoms with Crippen LogP contribution < -0.4 is 5.32 Å². The Bertz CT molecular complexity index is 334. The van der Waals surface area contributed by atoms with Crippen LogP contribution in [0.1, 0.15) is 12.8 Å². The molecule has 6 nitrogen and oxygen atoms in total. The van der Waals surface area contributed by atoms with Crippen LogP contribution in [0.3, 0.4) is 0 Å². The van der Waals surface area contributed by atoms with E-state index in [1.165, 1.54) is 25.6 Å². The predicted molar refractivity (Wildman–Crippen MR) is 69.4 cm³/mol. The molecule has 6 heteroatoms. The van der Waals surface area contributed by atoms with Gasteiger partial charge in [0.1, 0.15) is 12.7 Å². The maximum Gasteiger partial charge on any atom is 0.225 e. The molecule has 1 aromatic rings. The van der Waals surface area contributed by atoms with E-state index in [2.05, 4.69) is 25.2 Å². The summed E-state index contributed by atoms with van der Waals surface area (Å²) in [6.07, 6.45) is 5.39. The monoisotopic (exact) mass is 251 g/mol. The van der Waals surface area contributed by atoms with E-state index < -0.39 is 0 Å². The lowest BCUT2D eigenvalue weighted by molar-refractivity contribution is 0.178. The van der Waals surface area contributed by atoms with Crippen molar-refractivity contribution >= 4 is 5.95 Å². The molecule has 1 N–H and O–H groups in total. The second-order valence-corrected chi connectivity index (χ2v) is 4.64. The fourth-order valence-corrected chi connectivity index (χ4v) is 2.28. The molecule has 1 fully saturated rings. The Morgan fingerprint density at radius 1 is 1.44 bits per heavy atom. The average molecular weight is 251 g/mol. The van der Waals surface area contributed by atoms with Crippen LogP contribution in [0.15, 0.2) is 12.7 Å². The van der Waals surface area contributed by atoms with Crippen molar-refractivity contribution in [1.82, 2.24) is 19.9 Å². The van der Waals surface area contributed by atoms with Gasteiger partial charge in [0.15, 0.2) is 0 Å². The van der Waals surface area contributed by atoms with Crippen LogP contribution in [0, 0.1) is 5.92 Å². The molecule has 1 aromatic heterocycles. The van der Waals surface area contributed by atoms with Crippen molar-refractivity contribution in [1.29, 1.82) is 0 Å². The maximum atomic E-state index is 5.07. The topological polar surface area (TPSA) is 63.2 Å². The van der Waals surface area contributed by atoms with Crippen LogP contribution in [0.25, 0.3) is 0 Å². The molecule has 0 amide bonds. The van der Waals surface area contributed by atoms with E-state index >= 15 is 0 Å². The minimum absolute atomic E-state index is 0.669. The molecular formula is C12H21N5O. The van der Waals surface area contributed by atoms with Crippen molar-refractivity contribution in [2.24, 2.45) is 5.92 Å². The van der Waals surface area contributed by atoms with E-state index in [0.717, 1.165) is 32.7 Å². The molecule has 2 rings (SSSR count). The van der Waals surface area contributed by atoms with Crippen molar-refractivity contribution in [2.75, 3.05) is 45.2 Å². The summed E-state index contributed by atoms with van der Waals surface area (Å²) in [4.78, 5) is 14.4. The summed E-state index contributed by atoms with van der Waals surface area (Å²) in [5, 5.41) is 3.26. The van der Waals surface area contributed by atoms with Gasteiger partial charge in [0, 0.05) is 33.4 Å². The van der Waals surface area contributed by atoms with Crippen LogP contribution in [-0.4, -0.2) is 59.7 Å². The Balaban J connectivity index is 1.64. The highest BCUT2D eigenvalue weighted by Gasteiger charge is 2.21. The SMILES string of the molecule is COCCCN1CC[C@H](CNc2ncncn2)C1. The Hall–Kier alpha value is -1.27. The van der Waals surface area contributed by atoms with Crippen molar-refractivity contribution < 1.29 is 4.74 Å². The number of methoxy groups -OCH3 is 1. The highest BCUT2D eigenvalue weighted by Crippen LogP contribution is 2.16. The van der Waals surface area contributed by atoms with Gasteiger partial charge in [-0.3, -0.25) is 0 Å². The van der Waals surface area contributed by atoms with E-state index in [-0.39, 0.29) is 0 Å². The third-order valence-corrected chi connectivity index (χ3v) is 3.24. The molecule has 0 aromatic carbocycles. The van der Waals surface area contributed by atoms with Crippen LogP contribution >= 0.6 is 0 Å². The van der Waals surface area contributed by atoms with Crippen molar-refractivity contribution in [2.45, 2.75) is 12.8 Å². The van der Waals surface area contributed by atoms with E-state index in [4.69, 9.17) is 4.74 Å². The van der Waals surface area contributed by atoms with Gasteiger partial charge in [-0.1, -0.05) is 0 Å². The number of nitrogens with one attached hydrogen (secondary N) is 1. The first-order valence-corrected chi connectivity index (χ1v) is 6.45. The van der Waals surface area contributed by atoms with Gasteiger partial charge < -0.3 is 15.0 Å². The van der Waals surface area contributed by atoms with Crippen molar-refractivity contribution in [3.8, 4) is 0 Å². The van der Waals surface area contributed by atoms with Crippen molar-refractivity contribution in [3.63, 3.8) is 0 Å². The number of nitrogens with zero attached hydrogens (tertiary/aromatic N) is 4. The molecule has 0 aliphatic carbocycles. The first kappa shape index (κ1) is 13.2. The average Bonchev–Trinajstić information content (AvgIpc) is 2.86. The molecule has 0 spiro atoms. The fraction of sp³-hybridized carbons (Fsp3) is 0.750. The molecule has 100 valence electrons. The minimum atomic E-state index is 0.669. The molecular weight excluding hydrogens is 230 g/mol. The maximum absolute atomic E-state index is 5.07. The summed E-state index contributed by atoms with van der Waals surface area (Å²) >= 11 is 0. The number of hydrogen-bond acceptors (Lipinski definition) is 6. The van der Waals surface area contributed by atoms with E-state index in [1.807, 2.05) is 0 Å². The Kier molecular flexibility index (Phi) is 5.29. The zero-order chi connectivity index (χ0) is 12.6. The molecule has 1 aliphatic heterocycles. The summed E-state index contributed by atoms with van der Waals surface area (Å²) in [7, 11) is 1.76. The lowest BCUT2D eigenvalue weighted by Crippen LogP contribution is -2.25. The number of rotatable bonds is 7. The molecule has 1 atom stereocenters. The smallest absolute Gasteiger partial charge is 0.225 e. The summed E-state index contributed by atoms with van der Waals surface area (Å²) in [5.74, 6) is 1.35. The molecule has 1 saturated heterocycles. The summed E-state index contributed by atoms with van der Waals surface area (Å²) < 4.78 is 5.07. The van der Waals surface area contributed by atoms with Crippen LogP contribution in [0.2, 0.25) is 0 Å². The minimum Gasteiger partial charge on any atom is -0.385 e. The van der Waals surface area contributed by atoms with Gasteiger partial charge in [-0.15, -0.1) is 0 Å². The van der Waals surface area contributed by atoms with Gasteiger partial charge in [-0.2, -0.15) is 0 Å². The highest BCUT2D eigenvalue weighted by molar-refractivity contribution is 5.20. The fourth-order valence-electron chi connectivity index (χ4n) is 2.28. The highest BCUT2D eigenvalue weighted by atomic mass is 16.5. The van der Waals surface area contributed by atoms with Gasteiger partial charge in [0.05, 0.1) is 0 Å². The first-order valence-electron chi connectivity index (χ1n) is 6.45. The number of hydrogen-bond donors (Lipinski definition) is 1. The molecule has 18 heavy (non-hydrogen) atoms. The number of anilines is 1. The first-order chi connectivity index (χ1) is 8.88. The third-order valence-electron chi connectivity index (χ3n) is 3.24. The zero-order valence-corrected chi connectivity index (χ0v) is 10.9.